The minimum Gasteiger partial charge on any atom is -0.435 e. The number of rotatable bonds is 5. The summed E-state index contributed by atoms with van der Waals surface area (Å²) in [4.78, 5) is 11.0. The van der Waals surface area contributed by atoms with Gasteiger partial charge in [0, 0.05) is 0 Å². The molecule has 12 heavy (non-hydrogen) atoms. The van der Waals surface area contributed by atoms with E-state index in [0.29, 0.717) is 13.1 Å². The Labute approximate surface area is 74.6 Å². The van der Waals surface area contributed by atoms with Crippen LogP contribution < -0.4 is 0 Å². The van der Waals surface area contributed by atoms with Gasteiger partial charge >= 0.3 is 6.09 Å². The predicted octanol–water partition coefficient (Wildman–Crippen LogP) is 2.32. The van der Waals surface area contributed by atoms with Crippen molar-refractivity contribution in [3.63, 3.8) is 0 Å². The van der Waals surface area contributed by atoms with Crippen molar-refractivity contribution in [2.75, 3.05) is 19.6 Å². The highest BCUT2D eigenvalue weighted by molar-refractivity contribution is 5.56. The van der Waals surface area contributed by atoms with Crippen LogP contribution in [0.1, 0.15) is 33.6 Å². The summed E-state index contributed by atoms with van der Waals surface area (Å²) in [7, 11) is 0. The third-order valence-electron chi connectivity index (χ3n) is 2.56. The zero-order chi connectivity index (χ0) is 9.61. The molecule has 0 aliphatic rings. The fraction of sp³-hybridized carbons (Fsp3) is 0.889. The number of quaternary nitrogens is 1. The summed E-state index contributed by atoms with van der Waals surface area (Å²) in [5, 5.41) is 9.02. The van der Waals surface area contributed by atoms with Gasteiger partial charge in [-0.05, 0) is 20.3 Å². The highest BCUT2D eigenvalue weighted by atomic mass is 16.4. The van der Waals surface area contributed by atoms with Gasteiger partial charge in [0.25, 0.3) is 0 Å². The predicted molar refractivity (Wildman–Crippen MR) is 49.1 cm³/mol. The van der Waals surface area contributed by atoms with Gasteiger partial charge in [-0.25, -0.2) is 4.48 Å². The topological polar surface area (TPSA) is 37.3 Å². The lowest BCUT2D eigenvalue weighted by Gasteiger charge is -2.29. The van der Waals surface area contributed by atoms with Crippen LogP contribution in [0, 0.1) is 0 Å². The van der Waals surface area contributed by atoms with Crippen molar-refractivity contribution >= 4 is 6.09 Å². The molecule has 0 bridgehead atoms. The number of unbranched alkanes of at least 4 members (excludes halogenated alkanes) is 1. The van der Waals surface area contributed by atoms with Crippen LogP contribution in [0.3, 0.4) is 0 Å². The molecule has 0 aromatic carbocycles. The van der Waals surface area contributed by atoms with Crippen molar-refractivity contribution in [1.82, 2.24) is 0 Å². The zero-order valence-corrected chi connectivity index (χ0v) is 8.34. The molecular formula is C9H20NO2+. The van der Waals surface area contributed by atoms with Crippen LogP contribution in [-0.4, -0.2) is 35.3 Å². The number of carboxylic acid groups (broad SMARTS) is 1. The molecule has 0 aliphatic carbocycles. The van der Waals surface area contributed by atoms with E-state index in [0.717, 1.165) is 19.4 Å². The Morgan fingerprint density at radius 1 is 1.25 bits per heavy atom. The van der Waals surface area contributed by atoms with Crippen molar-refractivity contribution < 1.29 is 14.4 Å². The first-order valence-electron chi connectivity index (χ1n) is 4.72. The molecule has 1 N–H and O–H groups in total. The van der Waals surface area contributed by atoms with E-state index >= 15 is 0 Å². The molecule has 1 amide bonds. The molecule has 0 spiro atoms. The van der Waals surface area contributed by atoms with Gasteiger partial charge in [-0.1, -0.05) is 13.3 Å². The number of nitrogens with zero attached hydrogens (tertiary/aromatic N) is 1. The van der Waals surface area contributed by atoms with E-state index in [2.05, 4.69) is 6.92 Å². The van der Waals surface area contributed by atoms with E-state index < -0.39 is 6.09 Å². The maximum atomic E-state index is 11.0. The smallest absolute Gasteiger partial charge is 0.435 e. The van der Waals surface area contributed by atoms with Crippen molar-refractivity contribution in [3.05, 3.63) is 0 Å². The third kappa shape index (κ3) is 2.48. The Bertz CT molecular complexity index is 141. The lowest BCUT2D eigenvalue weighted by Crippen LogP contribution is -2.52. The molecule has 0 rings (SSSR count). The van der Waals surface area contributed by atoms with Gasteiger partial charge in [-0.3, -0.25) is 0 Å². The highest BCUT2D eigenvalue weighted by Crippen LogP contribution is 2.09. The molecule has 72 valence electrons. The lowest BCUT2D eigenvalue weighted by atomic mass is 10.2. The summed E-state index contributed by atoms with van der Waals surface area (Å²) in [5.41, 5.74) is 0. The average molecular weight is 174 g/mol. The third-order valence-corrected chi connectivity index (χ3v) is 2.56. The normalized spacial score (nSPS) is 11.6. The second-order valence-corrected chi connectivity index (χ2v) is 3.14. The van der Waals surface area contributed by atoms with Crippen molar-refractivity contribution in [1.29, 1.82) is 0 Å². The van der Waals surface area contributed by atoms with E-state index in [4.69, 9.17) is 5.11 Å². The molecule has 0 unspecified atom stereocenters. The highest BCUT2D eigenvalue weighted by Gasteiger charge is 2.31. The van der Waals surface area contributed by atoms with Gasteiger partial charge in [0.2, 0.25) is 0 Å². The van der Waals surface area contributed by atoms with Crippen molar-refractivity contribution in [2.24, 2.45) is 0 Å². The quantitative estimate of drug-likeness (QED) is 0.649. The Kier molecular flexibility index (Phi) is 4.90. The molecule has 0 saturated carbocycles. The molecule has 0 heterocycles. The largest absolute Gasteiger partial charge is 0.513 e. The first kappa shape index (κ1) is 11.4. The number of hydrogen-bond acceptors (Lipinski definition) is 1. The maximum Gasteiger partial charge on any atom is 0.513 e. The minimum absolute atomic E-state index is 0.216. The zero-order valence-electron chi connectivity index (χ0n) is 8.34. The Morgan fingerprint density at radius 3 is 2.00 bits per heavy atom. The summed E-state index contributed by atoms with van der Waals surface area (Å²) >= 11 is 0. The maximum absolute atomic E-state index is 11.0. The van der Waals surface area contributed by atoms with Crippen LogP contribution in [-0.2, 0) is 0 Å². The Morgan fingerprint density at radius 2 is 1.75 bits per heavy atom. The van der Waals surface area contributed by atoms with Crippen LogP contribution in [0.15, 0.2) is 0 Å². The molecule has 0 radical (unpaired) electrons. The van der Waals surface area contributed by atoms with E-state index in [9.17, 15) is 4.79 Å². The number of amides is 1. The van der Waals surface area contributed by atoms with Crippen LogP contribution >= 0.6 is 0 Å². The molecule has 0 aromatic heterocycles. The molecular weight excluding hydrogens is 154 g/mol. The minimum atomic E-state index is -0.687. The van der Waals surface area contributed by atoms with Crippen LogP contribution in [0.5, 0.6) is 0 Å². The van der Waals surface area contributed by atoms with Gasteiger partial charge in [-0.15, -0.1) is 0 Å². The molecule has 0 aliphatic heterocycles. The average Bonchev–Trinajstić information content (AvgIpc) is 2.07. The van der Waals surface area contributed by atoms with Crippen molar-refractivity contribution in [2.45, 2.75) is 33.6 Å². The molecule has 0 fully saturated rings. The fourth-order valence-electron chi connectivity index (χ4n) is 1.37. The summed E-state index contributed by atoms with van der Waals surface area (Å²) in [5.74, 6) is 0. The molecule has 0 atom stereocenters. The monoisotopic (exact) mass is 174 g/mol. The molecule has 3 heteroatoms. The van der Waals surface area contributed by atoms with Gasteiger partial charge in [0.15, 0.2) is 0 Å². The summed E-state index contributed by atoms with van der Waals surface area (Å²) in [6.45, 7) is 8.10. The molecule has 0 aromatic rings. The second kappa shape index (κ2) is 5.14. The fourth-order valence-corrected chi connectivity index (χ4v) is 1.37. The van der Waals surface area contributed by atoms with Gasteiger partial charge in [0.1, 0.15) is 0 Å². The van der Waals surface area contributed by atoms with E-state index in [-0.39, 0.29) is 4.48 Å². The summed E-state index contributed by atoms with van der Waals surface area (Å²) in [6, 6.07) is 0. The Balaban J connectivity index is 4.25. The van der Waals surface area contributed by atoms with Gasteiger partial charge in [-0.2, -0.15) is 4.79 Å². The Hall–Kier alpha value is -0.570. The lowest BCUT2D eigenvalue weighted by molar-refractivity contribution is -0.854. The molecule has 3 nitrogen and oxygen atoms in total. The van der Waals surface area contributed by atoms with Crippen LogP contribution in [0.25, 0.3) is 0 Å². The van der Waals surface area contributed by atoms with Crippen LogP contribution in [0.4, 0.5) is 4.79 Å². The standard InChI is InChI=1S/C9H19NO2/c1-4-7-8-10(5-2,6-3)9(11)12/h4-8H2,1-3H3/p+1. The van der Waals surface area contributed by atoms with E-state index in [1.54, 1.807) is 0 Å². The number of carbonyl (C=O) groups is 1. The van der Waals surface area contributed by atoms with Gasteiger partial charge < -0.3 is 5.11 Å². The van der Waals surface area contributed by atoms with Crippen LogP contribution in [0.2, 0.25) is 0 Å². The first-order valence-corrected chi connectivity index (χ1v) is 4.72. The SMILES string of the molecule is CCCC[N+](CC)(CC)C(=O)O. The summed E-state index contributed by atoms with van der Waals surface area (Å²) < 4.78 is 0.216. The van der Waals surface area contributed by atoms with Crippen molar-refractivity contribution in [3.8, 4) is 0 Å². The summed E-state index contributed by atoms with van der Waals surface area (Å²) in [6.07, 6.45) is 1.37. The van der Waals surface area contributed by atoms with E-state index in [1.807, 2.05) is 13.8 Å². The molecule has 0 saturated heterocycles. The van der Waals surface area contributed by atoms with E-state index in [1.165, 1.54) is 0 Å². The number of hydrogen-bond donors (Lipinski definition) is 1. The first-order chi connectivity index (χ1) is 5.63. The second-order valence-electron chi connectivity index (χ2n) is 3.14. The van der Waals surface area contributed by atoms with Gasteiger partial charge in [0.05, 0.1) is 19.6 Å².